The minimum absolute atomic E-state index is 0.163. The van der Waals surface area contributed by atoms with Crippen LogP contribution in [-0.2, 0) is 11.3 Å². The van der Waals surface area contributed by atoms with Gasteiger partial charge in [0.25, 0.3) is 5.91 Å². The molecule has 1 aromatic heterocycles. The number of halogens is 1. The van der Waals surface area contributed by atoms with Gasteiger partial charge < -0.3 is 10.1 Å². The van der Waals surface area contributed by atoms with Crippen LogP contribution >= 0.6 is 11.6 Å². The van der Waals surface area contributed by atoms with Crippen LogP contribution in [0.5, 0.6) is 0 Å². The van der Waals surface area contributed by atoms with E-state index in [0.29, 0.717) is 10.6 Å². The second-order valence-electron chi connectivity index (χ2n) is 6.12. The van der Waals surface area contributed by atoms with E-state index in [0.717, 1.165) is 0 Å². The van der Waals surface area contributed by atoms with E-state index in [1.165, 1.54) is 10.7 Å². The molecule has 2 rings (SSSR count). The highest BCUT2D eigenvalue weighted by atomic mass is 35.5. The molecule has 0 spiro atoms. The third kappa shape index (κ3) is 6.03. The van der Waals surface area contributed by atoms with Gasteiger partial charge in [-0.2, -0.15) is 0 Å². The Labute approximate surface area is 149 Å². The fraction of sp³-hybridized carbons (Fsp3) is 0.400. The zero-order valence-electron chi connectivity index (χ0n) is 14.1. The van der Waals surface area contributed by atoms with Crippen molar-refractivity contribution in [3.05, 3.63) is 34.9 Å². The van der Waals surface area contributed by atoms with Crippen LogP contribution in [0.2, 0.25) is 5.02 Å². The molecule has 0 unspecified atom stereocenters. The highest BCUT2D eigenvalue weighted by molar-refractivity contribution is 6.31. The minimum Gasteiger partial charge on any atom is -0.444 e. The lowest BCUT2D eigenvalue weighted by Gasteiger charge is -2.19. The summed E-state index contributed by atoms with van der Waals surface area (Å²) in [4.78, 5) is 23.8. The summed E-state index contributed by atoms with van der Waals surface area (Å²) in [6, 6.07) is 6.50. The van der Waals surface area contributed by atoms with Crippen LogP contribution in [0.15, 0.2) is 24.3 Å². The van der Waals surface area contributed by atoms with E-state index >= 15 is 0 Å². The summed E-state index contributed by atoms with van der Waals surface area (Å²) in [5.74, 6) is -0.227. The molecule has 0 aliphatic rings. The van der Waals surface area contributed by atoms with Crippen molar-refractivity contribution in [2.24, 2.45) is 0 Å². The van der Waals surface area contributed by atoms with Gasteiger partial charge in [-0.15, -0.1) is 0 Å². The maximum atomic E-state index is 12.2. The highest BCUT2D eigenvalue weighted by Gasteiger charge is 2.16. The predicted octanol–water partition coefficient (Wildman–Crippen LogP) is 2.10. The number of amides is 2. The molecule has 0 aliphatic carbocycles. The van der Waals surface area contributed by atoms with E-state index in [-0.39, 0.29) is 19.0 Å². The van der Waals surface area contributed by atoms with Crippen molar-refractivity contribution in [1.82, 2.24) is 25.5 Å². The van der Waals surface area contributed by atoms with Crippen molar-refractivity contribution in [2.45, 2.75) is 32.9 Å². The summed E-state index contributed by atoms with van der Waals surface area (Å²) in [5, 5.41) is 16.7. The van der Waals surface area contributed by atoms with Crippen molar-refractivity contribution >= 4 is 29.5 Å². The Morgan fingerprint density at radius 2 is 2.08 bits per heavy atom. The highest BCUT2D eigenvalue weighted by Crippen LogP contribution is 2.12. The standard InChI is InChI=1S/C15H19ClN6O3/c1-15(2,3)25-14(24)17-7-8-22-13(19-20-21-22)18-12(23)10-5-4-6-11(16)9-10/h4-6,9H,7-8H2,1-3H3,(H,17,24)(H,18,19,21,23). The Hall–Kier alpha value is -2.68. The van der Waals surface area contributed by atoms with Crippen LogP contribution in [0.3, 0.4) is 0 Å². The predicted molar refractivity (Wildman–Crippen MR) is 91.5 cm³/mol. The minimum atomic E-state index is -0.574. The maximum Gasteiger partial charge on any atom is 0.407 e. The van der Waals surface area contributed by atoms with E-state index in [2.05, 4.69) is 26.2 Å². The van der Waals surface area contributed by atoms with E-state index in [9.17, 15) is 9.59 Å². The van der Waals surface area contributed by atoms with Gasteiger partial charge in [0.1, 0.15) is 5.60 Å². The molecule has 0 aliphatic heterocycles. The normalized spacial score (nSPS) is 11.0. The Kier molecular flexibility index (Phi) is 5.92. The Bertz CT molecular complexity index is 756. The third-order valence-electron chi connectivity index (χ3n) is 2.84. The number of nitrogens with one attached hydrogen (secondary N) is 2. The van der Waals surface area contributed by atoms with E-state index in [4.69, 9.17) is 16.3 Å². The molecule has 1 aromatic carbocycles. The van der Waals surface area contributed by atoms with Crippen LogP contribution in [-0.4, -0.2) is 44.4 Å². The first-order valence-corrected chi connectivity index (χ1v) is 7.92. The first kappa shape index (κ1) is 18.7. The van der Waals surface area contributed by atoms with Crippen LogP contribution in [0.1, 0.15) is 31.1 Å². The quantitative estimate of drug-likeness (QED) is 0.838. The molecule has 134 valence electrons. The van der Waals surface area contributed by atoms with Gasteiger partial charge in [0.05, 0.1) is 6.54 Å². The summed E-state index contributed by atoms with van der Waals surface area (Å²) >= 11 is 5.87. The number of carbonyl (C=O) groups is 2. The van der Waals surface area contributed by atoms with Gasteiger partial charge in [0, 0.05) is 17.1 Å². The molecule has 1 heterocycles. The maximum absolute atomic E-state index is 12.2. The van der Waals surface area contributed by atoms with Crippen LogP contribution in [0, 0.1) is 0 Å². The van der Waals surface area contributed by atoms with Crippen molar-refractivity contribution in [1.29, 1.82) is 0 Å². The van der Waals surface area contributed by atoms with E-state index in [1.54, 1.807) is 39.0 Å². The lowest BCUT2D eigenvalue weighted by molar-refractivity contribution is 0.0525. The third-order valence-corrected chi connectivity index (χ3v) is 3.07. The lowest BCUT2D eigenvalue weighted by Crippen LogP contribution is -2.34. The Morgan fingerprint density at radius 3 is 2.76 bits per heavy atom. The molecular formula is C15H19ClN6O3. The van der Waals surface area contributed by atoms with Crippen LogP contribution < -0.4 is 10.6 Å². The molecule has 2 amide bonds. The fourth-order valence-electron chi connectivity index (χ4n) is 1.83. The van der Waals surface area contributed by atoms with Crippen LogP contribution in [0.25, 0.3) is 0 Å². The number of rotatable bonds is 5. The zero-order chi connectivity index (χ0) is 18.4. The smallest absolute Gasteiger partial charge is 0.407 e. The Balaban J connectivity index is 1.90. The molecule has 0 radical (unpaired) electrons. The number of ether oxygens (including phenoxy) is 1. The van der Waals surface area contributed by atoms with Crippen molar-refractivity contribution in [3.63, 3.8) is 0 Å². The molecule has 0 bridgehead atoms. The van der Waals surface area contributed by atoms with Gasteiger partial charge >= 0.3 is 6.09 Å². The summed E-state index contributed by atoms with van der Waals surface area (Å²) in [5.41, 5.74) is -0.191. The Morgan fingerprint density at radius 1 is 1.32 bits per heavy atom. The molecule has 0 atom stereocenters. The number of anilines is 1. The average molecular weight is 367 g/mol. The first-order valence-electron chi connectivity index (χ1n) is 7.54. The SMILES string of the molecule is CC(C)(C)OC(=O)NCCn1nnnc1NC(=O)c1cccc(Cl)c1. The number of nitrogens with zero attached hydrogens (tertiary/aromatic N) is 4. The van der Waals surface area contributed by atoms with Gasteiger partial charge in [-0.1, -0.05) is 22.8 Å². The first-order chi connectivity index (χ1) is 11.7. The number of tetrazole rings is 1. The van der Waals surface area contributed by atoms with Crippen molar-refractivity contribution in [3.8, 4) is 0 Å². The molecule has 0 saturated carbocycles. The van der Waals surface area contributed by atoms with Gasteiger partial charge in [-0.3, -0.25) is 10.1 Å². The molecule has 2 aromatic rings. The number of hydrogen-bond acceptors (Lipinski definition) is 6. The fourth-order valence-corrected chi connectivity index (χ4v) is 2.02. The van der Waals surface area contributed by atoms with Crippen LogP contribution in [0.4, 0.5) is 10.7 Å². The molecular weight excluding hydrogens is 348 g/mol. The molecule has 10 heteroatoms. The number of hydrogen-bond donors (Lipinski definition) is 2. The largest absolute Gasteiger partial charge is 0.444 e. The molecule has 0 saturated heterocycles. The monoisotopic (exact) mass is 366 g/mol. The molecule has 9 nitrogen and oxygen atoms in total. The lowest BCUT2D eigenvalue weighted by atomic mass is 10.2. The summed E-state index contributed by atoms with van der Waals surface area (Å²) in [7, 11) is 0. The van der Waals surface area contributed by atoms with E-state index in [1.807, 2.05) is 0 Å². The molecule has 2 N–H and O–H groups in total. The molecule has 0 fully saturated rings. The van der Waals surface area contributed by atoms with E-state index < -0.39 is 17.6 Å². The van der Waals surface area contributed by atoms with Crippen molar-refractivity contribution in [2.75, 3.05) is 11.9 Å². The van der Waals surface area contributed by atoms with Crippen molar-refractivity contribution < 1.29 is 14.3 Å². The second-order valence-corrected chi connectivity index (χ2v) is 6.56. The number of benzene rings is 1. The summed E-state index contributed by atoms with van der Waals surface area (Å²) in [6.07, 6.45) is -0.537. The summed E-state index contributed by atoms with van der Waals surface area (Å²) < 4.78 is 6.49. The van der Waals surface area contributed by atoms with Gasteiger partial charge in [-0.05, 0) is 49.4 Å². The van der Waals surface area contributed by atoms with Gasteiger partial charge in [-0.25, -0.2) is 9.48 Å². The zero-order valence-corrected chi connectivity index (χ0v) is 14.9. The molecule has 25 heavy (non-hydrogen) atoms. The van der Waals surface area contributed by atoms with Gasteiger partial charge in [0.2, 0.25) is 5.95 Å². The summed E-state index contributed by atoms with van der Waals surface area (Å²) in [6.45, 7) is 5.82. The topological polar surface area (TPSA) is 111 Å². The number of aromatic nitrogens is 4. The van der Waals surface area contributed by atoms with Gasteiger partial charge in [0.15, 0.2) is 0 Å². The second kappa shape index (κ2) is 7.93. The number of alkyl carbamates (subject to hydrolysis) is 1. The average Bonchev–Trinajstić information content (AvgIpc) is 2.92. The number of carbonyl (C=O) groups excluding carboxylic acids is 2.